The molecule has 0 radical (unpaired) electrons. The smallest absolute Gasteiger partial charge is 0.134 e. The van der Waals surface area contributed by atoms with Gasteiger partial charge in [0.15, 0.2) is 0 Å². The van der Waals surface area contributed by atoms with E-state index in [2.05, 4.69) is 51.4 Å². The van der Waals surface area contributed by atoms with Crippen molar-refractivity contribution in [1.29, 1.82) is 0 Å². The zero-order valence-electron chi connectivity index (χ0n) is 13.1. The second kappa shape index (κ2) is 7.45. The molecule has 1 N–H and O–H groups in total. The minimum Gasteiger partial charge on any atom is -0.467 e. The van der Waals surface area contributed by atoms with E-state index in [1.165, 1.54) is 5.56 Å². The van der Waals surface area contributed by atoms with Crippen molar-refractivity contribution in [1.82, 2.24) is 9.97 Å². The molecule has 1 aromatic carbocycles. The Labute approximate surface area is 136 Å². The molecule has 118 valence electrons. The first-order valence-electron chi connectivity index (χ1n) is 7.72. The van der Waals surface area contributed by atoms with Crippen LogP contribution in [-0.2, 0) is 13.1 Å². The summed E-state index contributed by atoms with van der Waals surface area (Å²) < 4.78 is 5.32. The number of furan rings is 1. The summed E-state index contributed by atoms with van der Waals surface area (Å²) >= 11 is 0. The van der Waals surface area contributed by atoms with Gasteiger partial charge in [0.2, 0.25) is 0 Å². The average Bonchev–Trinajstić information content (AvgIpc) is 3.12. The van der Waals surface area contributed by atoms with Crippen LogP contribution >= 0.6 is 0 Å². The summed E-state index contributed by atoms with van der Waals surface area (Å²) in [5, 5.41) is 3.26. The molecular formula is C18H20N4O. The highest BCUT2D eigenvalue weighted by atomic mass is 16.3. The summed E-state index contributed by atoms with van der Waals surface area (Å²) in [5.41, 5.74) is 1.26. The number of hydrogen-bond acceptors (Lipinski definition) is 5. The lowest BCUT2D eigenvalue weighted by Gasteiger charge is -2.22. The Balaban J connectivity index is 1.69. The molecule has 23 heavy (non-hydrogen) atoms. The van der Waals surface area contributed by atoms with Crippen LogP contribution in [0.4, 0.5) is 11.6 Å². The maximum Gasteiger partial charge on any atom is 0.134 e. The van der Waals surface area contributed by atoms with E-state index in [0.29, 0.717) is 6.54 Å². The van der Waals surface area contributed by atoms with Gasteiger partial charge in [-0.3, -0.25) is 0 Å². The molecule has 0 bridgehead atoms. The minimum atomic E-state index is 0.605. The van der Waals surface area contributed by atoms with E-state index in [1.807, 2.05) is 24.3 Å². The average molecular weight is 308 g/mol. The molecule has 0 aliphatic heterocycles. The fourth-order valence-electron chi connectivity index (χ4n) is 2.37. The molecule has 2 aromatic heterocycles. The Kier molecular flexibility index (Phi) is 4.88. The Morgan fingerprint density at radius 3 is 2.70 bits per heavy atom. The molecule has 5 heteroatoms. The van der Waals surface area contributed by atoms with Crippen LogP contribution in [0, 0.1) is 0 Å². The van der Waals surface area contributed by atoms with Crippen LogP contribution < -0.4 is 10.2 Å². The summed E-state index contributed by atoms with van der Waals surface area (Å²) in [7, 11) is 0. The maximum absolute atomic E-state index is 5.32. The lowest BCUT2D eigenvalue weighted by atomic mass is 10.2. The summed E-state index contributed by atoms with van der Waals surface area (Å²) in [6.45, 7) is 4.44. The number of anilines is 2. The van der Waals surface area contributed by atoms with Crippen LogP contribution in [0.15, 0.2) is 65.5 Å². The Morgan fingerprint density at radius 2 is 1.96 bits per heavy atom. The molecule has 0 amide bonds. The number of benzene rings is 1. The quantitative estimate of drug-likeness (QED) is 0.721. The first-order valence-corrected chi connectivity index (χ1v) is 7.72. The van der Waals surface area contributed by atoms with E-state index in [-0.39, 0.29) is 0 Å². The second-order valence-electron chi connectivity index (χ2n) is 5.19. The van der Waals surface area contributed by atoms with Crippen molar-refractivity contribution >= 4 is 11.6 Å². The maximum atomic E-state index is 5.32. The molecule has 0 aliphatic rings. The largest absolute Gasteiger partial charge is 0.467 e. The van der Waals surface area contributed by atoms with E-state index in [1.54, 1.807) is 12.6 Å². The molecule has 3 rings (SSSR count). The van der Waals surface area contributed by atoms with Gasteiger partial charge in [-0.15, -0.1) is 0 Å². The standard InChI is InChI=1S/C18H20N4O/c1-2-22(13-15-7-4-3-5-8-15)18-11-17(20-14-21-18)19-12-16-9-6-10-23-16/h3-11,14H,2,12-13H2,1H3,(H,19,20,21). The molecule has 3 aromatic rings. The number of aromatic nitrogens is 2. The first-order chi connectivity index (χ1) is 11.3. The molecular weight excluding hydrogens is 288 g/mol. The Morgan fingerprint density at radius 1 is 1.09 bits per heavy atom. The van der Waals surface area contributed by atoms with Gasteiger partial charge in [-0.05, 0) is 24.6 Å². The van der Waals surface area contributed by atoms with Gasteiger partial charge >= 0.3 is 0 Å². The van der Waals surface area contributed by atoms with Gasteiger partial charge in [0.25, 0.3) is 0 Å². The summed E-state index contributed by atoms with van der Waals surface area (Å²) in [4.78, 5) is 10.9. The second-order valence-corrected chi connectivity index (χ2v) is 5.19. The molecule has 2 heterocycles. The van der Waals surface area contributed by atoms with Crippen LogP contribution in [0.2, 0.25) is 0 Å². The summed E-state index contributed by atoms with van der Waals surface area (Å²) in [6, 6.07) is 16.2. The molecule has 0 aliphatic carbocycles. The predicted octanol–water partition coefficient (Wildman–Crippen LogP) is 3.71. The van der Waals surface area contributed by atoms with E-state index in [4.69, 9.17) is 4.42 Å². The highest BCUT2D eigenvalue weighted by molar-refractivity contribution is 5.48. The van der Waals surface area contributed by atoms with Crippen molar-refractivity contribution in [3.05, 3.63) is 72.4 Å². The summed E-state index contributed by atoms with van der Waals surface area (Å²) in [6.07, 6.45) is 3.26. The van der Waals surface area contributed by atoms with E-state index in [0.717, 1.165) is 30.5 Å². The van der Waals surface area contributed by atoms with Gasteiger partial charge in [0, 0.05) is 19.2 Å². The number of nitrogens with zero attached hydrogens (tertiary/aromatic N) is 3. The lowest BCUT2D eigenvalue weighted by Crippen LogP contribution is -2.23. The molecule has 0 unspecified atom stereocenters. The van der Waals surface area contributed by atoms with Crippen LogP contribution in [-0.4, -0.2) is 16.5 Å². The lowest BCUT2D eigenvalue weighted by molar-refractivity contribution is 0.518. The van der Waals surface area contributed by atoms with Crippen LogP contribution in [0.3, 0.4) is 0 Å². The SMILES string of the molecule is CCN(Cc1ccccc1)c1cc(NCc2ccco2)ncn1. The topological polar surface area (TPSA) is 54.2 Å². The van der Waals surface area contributed by atoms with Crippen molar-refractivity contribution in [3.63, 3.8) is 0 Å². The fraction of sp³-hybridized carbons (Fsp3) is 0.222. The molecule has 5 nitrogen and oxygen atoms in total. The van der Waals surface area contributed by atoms with Crippen LogP contribution in [0.5, 0.6) is 0 Å². The zero-order valence-corrected chi connectivity index (χ0v) is 13.1. The third-order valence-corrected chi connectivity index (χ3v) is 3.60. The van der Waals surface area contributed by atoms with E-state index in [9.17, 15) is 0 Å². The number of hydrogen-bond donors (Lipinski definition) is 1. The number of rotatable bonds is 7. The fourth-order valence-corrected chi connectivity index (χ4v) is 2.37. The highest BCUT2D eigenvalue weighted by Crippen LogP contribution is 2.17. The molecule has 0 atom stereocenters. The highest BCUT2D eigenvalue weighted by Gasteiger charge is 2.08. The van der Waals surface area contributed by atoms with Crippen molar-refractivity contribution in [2.75, 3.05) is 16.8 Å². The van der Waals surface area contributed by atoms with Gasteiger partial charge in [0.1, 0.15) is 23.7 Å². The molecule has 0 fully saturated rings. The third-order valence-electron chi connectivity index (χ3n) is 3.60. The number of nitrogens with one attached hydrogen (secondary N) is 1. The Hall–Kier alpha value is -2.82. The molecule has 0 saturated heterocycles. The molecule has 0 saturated carbocycles. The van der Waals surface area contributed by atoms with E-state index >= 15 is 0 Å². The normalized spacial score (nSPS) is 10.5. The van der Waals surface area contributed by atoms with Crippen molar-refractivity contribution in [2.24, 2.45) is 0 Å². The first kappa shape index (κ1) is 15.1. The van der Waals surface area contributed by atoms with Gasteiger partial charge in [0.05, 0.1) is 12.8 Å². The van der Waals surface area contributed by atoms with Gasteiger partial charge in [-0.25, -0.2) is 9.97 Å². The van der Waals surface area contributed by atoms with E-state index < -0.39 is 0 Å². The minimum absolute atomic E-state index is 0.605. The van der Waals surface area contributed by atoms with Gasteiger partial charge in [-0.2, -0.15) is 0 Å². The van der Waals surface area contributed by atoms with Crippen molar-refractivity contribution in [3.8, 4) is 0 Å². The van der Waals surface area contributed by atoms with Gasteiger partial charge in [-0.1, -0.05) is 30.3 Å². The van der Waals surface area contributed by atoms with Crippen LogP contribution in [0.25, 0.3) is 0 Å². The van der Waals surface area contributed by atoms with Crippen molar-refractivity contribution in [2.45, 2.75) is 20.0 Å². The zero-order chi connectivity index (χ0) is 15.9. The summed E-state index contributed by atoms with van der Waals surface area (Å²) in [5.74, 6) is 2.58. The van der Waals surface area contributed by atoms with Crippen LogP contribution in [0.1, 0.15) is 18.2 Å². The monoisotopic (exact) mass is 308 g/mol. The van der Waals surface area contributed by atoms with Crippen molar-refractivity contribution < 1.29 is 4.42 Å². The molecule has 0 spiro atoms. The Bertz CT molecular complexity index is 713. The predicted molar refractivity (Wildman–Crippen MR) is 91.2 cm³/mol. The van der Waals surface area contributed by atoms with Gasteiger partial charge < -0.3 is 14.6 Å². The third kappa shape index (κ3) is 4.10.